The third-order valence-corrected chi connectivity index (χ3v) is 6.82. The third-order valence-electron chi connectivity index (χ3n) is 6.38. The maximum absolute atomic E-state index is 13.2. The number of alkyl halides is 1. The molecule has 0 unspecified atom stereocenters. The van der Waals surface area contributed by atoms with Crippen molar-refractivity contribution in [3.63, 3.8) is 0 Å². The molecule has 4 nitrogen and oxygen atoms in total. The van der Waals surface area contributed by atoms with Gasteiger partial charge in [0.2, 0.25) is 5.91 Å². The molecule has 4 aliphatic carbocycles. The maximum atomic E-state index is 13.2. The average Bonchev–Trinajstić information content (AvgIpc) is 3.07. The molecule has 130 valence electrons. The molecule has 2 atom stereocenters. The summed E-state index contributed by atoms with van der Waals surface area (Å²) in [6.45, 7) is 0. The average molecular weight is 356 g/mol. The normalized spacial score (nSPS) is 35.7. The van der Waals surface area contributed by atoms with E-state index >= 15 is 0 Å². The van der Waals surface area contributed by atoms with E-state index in [1.54, 1.807) is 12.5 Å². The van der Waals surface area contributed by atoms with Gasteiger partial charge in [0.25, 0.3) is 0 Å². The van der Waals surface area contributed by atoms with Crippen molar-refractivity contribution >= 4 is 23.2 Å². The summed E-state index contributed by atoms with van der Waals surface area (Å²) in [5.41, 5.74) is 1.57. The molecule has 4 bridgehead atoms. The number of nitrogens with one attached hydrogen (secondary N) is 1. The minimum atomic E-state index is -0.267. The Morgan fingerprint density at radius 1 is 1.24 bits per heavy atom. The fourth-order valence-corrected chi connectivity index (χ4v) is 6.53. The predicted molar refractivity (Wildman–Crippen MR) is 97.9 cm³/mol. The number of halogens is 1. The molecule has 1 aromatic heterocycles. The van der Waals surface area contributed by atoms with Crippen LogP contribution in [0.2, 0.25) is 0 Å². The number of hydrogen-bond acceptors (Lipinski definition) is 2. The van der Waals surface area contributed by atoms with E-state index < -0.39 is 0 Å². The highest BCUT2D eigenvalue weighted by atomic mass is 35.5. The first-order chi connectivity index (χ1) is 12.0. The van der Waals surface area contributed by atoms with Crippen LogP contribution in [0.15, 0.2) is 43.0 Å². The van der Waals surface area contributed by atoms with Crippen LogP contribution in [-0.2, 0) is 4.79 Å². The van der Waals surface area contributed by atoms with Gasteiger partial charge in [-0.05, 0) is 68.6 Å². The van der Waals surface area contributed by atoms with Crippen molar-refractivity contribution in [1.82, 2.24) is 9.55 Å². The second kappa shape index (κ2) is 5.34. The van der Waals surface area contributed by atoms with Crippen molar-refractivity contribution in [2.75, 3.05) is 5.32 Å². The Labute approximate surface area is 152 Å². The molecule has 25 heavy (non-hydrogen) atoms. The monoisotopic (exact) mass is 355 g/mol. The molecule has 2 aromatic rings. The number of imidazole rings is 1. The molecule has 0 aliphatic heterocycles. The van der Waals surface area contributed by atoms with Crippen LogP contribution in [0.3, 0.4) is 0 Å². The Morgan fingerprint density at radius 2 is 2.04 bits per heavy atom. The van der Waals surface area contributed by atoms with Crippen LogP contribution in [-0.4, -0.2) is 20.3 Å². The van der Waals surface area contributed by atoms with Gasteiger partial charge in [-0.2, -0.15) is 0 Å². The summed E-state index contributed by atoms with van der Waals surface area (Å²) < 4.78 is 1.94. The summed E-state index contributed by atoms with van der Waals surface area (Å²) in [4.78, 5) is 17.2. The van der Waals surface area contributed by atoms with Gasteiger partial charge in [-0.25, -0.2) is 4.98 Å². The lowest BCUT2D eigenvalue weighted by molar-refractivity contribution is -0.138. The fraction of sp³-hybridized carbons (Fsp3) is 0.500. The zero-order valence-electron chi connectivity index (χ0n) is 14.1. The van der Waals surface area contributed by atoms with E-state index in [1.165, 1.54) is 6.42 Å². The fourth-order valence-electron chi connectivity index (χ4n) is 5.84. The molecular formula is C20H22ClN3O. The van der Waals surface area contributed by atoms with Crippen molar-refractivity contribution in [3.8, 4) is 5.69 Å². The van der Waals surface area contributed by atoms with Gasteiger partial charge in [0.15, 0.2) is 0 Å². The van der Waals surface area contributed by atoms with Gasteiger partial charge in [0.05, 0.1) is 11.7 Å². The van der Waals surface area contributed by atoms with Crippen LogP contribution in [0.5, 0.6) is 0 Å². The van der Waals surface area contributed by atoms with E-state index in [4.69, 9.17) is 11.6 Å². The molecule has 5 heteroatoms. The minimum Gasteiger partial charge on any atom is -0.326 e. The van der Waals surface area contributed by atoms with E-state index in [-0.39, 0.29) is 16.2 Å². The first kappa shape index (κ1) is 15.4. The third kappa shape index (κ3) is 2.58. The van der Waals surface area contributed by atoms with Gasteiger partial charge in [-0.15, -0.1) is 11.6 Å². The largest absolute Gasteiger partial charge is 0.326 e. The molecule has 4 saturated carbocycles. The SMILES string of the molecule is O=C(Nc1cccc(-n2ccnc2)c1)C12C[C@H]3C[C@@H](CC(Cl)(C3)C1)C2. The van der Waals surface area contributed by atoms with Gasteiger partial charge in [0, 0.05) is 28.6 Å². The Morgan fingerprint density at radius 3 is 2.72 bits per heavy atom. The number of nitrogens with zero attached hydrogens (tertiary/aromatic N) is 2. The van der Waals surface area contributed by atoms with Crippen LogP contribution >= 0.6 is 11.6 Å². The lowest BCUT2D eigenvalue weighted by Gasteiger charge is -2.59. The standard InChI is InChI=1S/C20H22ClN3O/c21-20-10-14-6-15(11-20)9-19(8-14,12-20)18(25)23-16-2-1-3-17(7-16)24-5-4-22-13-24/h1-5,7,13-15H,6,8-12H2,(H,23,25)/t14-,15-,19?,20?/m1/s1. The maximum Gasteiger partial charge on any atom is 0.230 e. The Balaban J connectivity index is 1.40. The number of carbonyl (C=O) groups is 1. The van der Waals surface area contributed by atoms with Crippen molar-refractivity contribution in [2.45, 2.75) is 43.4 Å². The smallest absolute Gasteiger partial charge is 0.230 e. The molecule has 1 amide bonds. The van der Waals surface area contributed by atoms with E-state index in [0.29, 0.717) is 11.8 Å². The highest BCUT2D eigenvalue weighted by molar-refractivity contribution is 6.24. The predicted octanol–water partition coefficient (Wildman–Crippen LogP) is 4.39. The molecule has 1 N–H and O–H groups in total. The van der Waals surface area contributed by atoms with E-state index in [9.17, 15) is 4.79 Å². The number of amides is 1. The van der Waals surface area contributed by atoms with E-state index in [2.05, 4.69) is 10.3 Å². The number of benzene rings is 1. The van der Waals surface area contributed by atoms with Crippen LogP contribution in [0.1, 0.15) is 38.5 Å². The molecule has 4 fully saturated rings. The molecule has 1 heterocycles. The Kier molecular flexibility index (Phi) is 3.30. The second-order valence-electron chi connectivity index (χ2n) is 8.37. The first-order valence-electron chi connectivity index (χ1n) is 9.13. The van der Waals surface area contributed by atoms with Crippen molar-refractivity contribution in [2.24, 2.45) is 17.3 Å². The first-order valence-corrected chi connectivity index (χ1v) is 9.50. The summed E-state index contributed by atoms with van der Waals surface area (Å²) in [7, 11) is 0. The molecular weight excluding hydrogens is 334 g/mol. The van der Waals surface area contributed by atoms with Crippen molar-refractivity contribution < 1.29 is 4.79 Å². The topological polar surface area (TPSA) is 46.9 Å². The van der Waals surface area contributed by atoms with Gasteiger partial charge >= 0.3 is 0 Å². The molecule has 1 aromatic carbocycles. The Bertz CT molecular complexity index is 802. The van der Waals surface area contributed by atoms with Gasteiger partial charge in [-0.1, -0.05) is 6.07 Å². The molecule has 0 radical (unpaired) electrons. The lowest BCUT2D eigenvalue weighted by Crippen LogP contribution is -2.57. The summed E-state index contributed by atoms with van der Waals surface area (Å²) in [6, 6.07) is 7.93. The zero-order chi connectivity index (χ0) is 17.1. The van der Waals surface area contributed by atoms with E-state index in [0.717, 1.165) is 43.5 Å². The number of carbonyl (C=O) groups excluding carboxylic acids is 1. The number of aromatic nitrogens is 2. The lowest BCUT2D eigenvalue weighted by atomic mass is 9.49. The highest BCUT2D eigenvalue weighted by Crippen LogP contribution is 2.64. The molecule has 0 spiro atoms. The second-order valence-corrected chi connectivity index (χ2v) is 9.17. The summed E-state index contributed by atoms with van der Waals surface area (Å²) in [5, 5.41) is 3.19. The van der Waals surface area contributed by atoms with E-state index in [1.807, 2.05) is 35.0 Å². The van der Waals surface area contributed by atoms with Gasteiger partial charge in [0.1, 0.15) is 0 Å². The number of hydrogen-bond donors (Lipinski definition) is 1. The summed E-state index contributed by atoms with van der Waals surface area (Å²) in [6.07, 6.45) is 11.7. The van der Waals surface area contributed by atoms with Crippen LogP contribution in [0, 0.1) is 17.3 Å². The number of rotatable bonds is 3. The van der Waals surface area contributed by atoms with Crippen LogP contribution < -0.4 is 5.32 Å². The van der Waals surface area contributed by atoms with Crippen LogP contribution in [0.4, 0.5) is 5.69 Å². The number of anilines is 1. The van der Waals surface area contributed by atoms with Crippen molar-refractivity contribution in [1.29, 1.82) is 0 Å². The van der Waals surface area contributed by atoms with Gasteiger partial charge < -0.3 is 9.88 Å². The zero-order valence-corrected chi connectivity index (χ0v) is 14.9. The Hall–Kier alpha value is -1.81. The molecule has 0 saturated heterocycles. The quantitative estimate of drug-likeness (QED) is 0.830. The van der Waals surface area contributed by atoms with Crippen molar-refractivity contribution in [3.05, 3.63) is 43.0 Å². The highest BCUT2D eigenvalue weighted by Gasteiger charge is 2.60. The van der Waals surface area contributed by atoms with Crippen LogP contribution in [0.25, 0.3) is 5.69 Å². The molecule has 4 aliphatic rings. The molecule has 6 rings (SSSR count). The van der Waals surface area contributed by atoms with Gasteiger partial charge in [-0.3, -0.25) is 4.79 Å². The minimum absolute atomic E-state index is 0.139. The summed E-state index contributed by atoms with van der Waals surface area (Å²) >= 11 is 6.87. The summed E-state index contributed by atoms with van der Waals surface area (Å²) in [5.74, 6) is 1.41.